The molecule has 7 nitrogen and oxygen atoms in total. The third-order valence-corrected chi connectivity index (χ3v) is 3.25. The van der Waals surface area contributed by atoms with E-state index in [9.17, 15) is 9.59 Å². The first-order valence-corrected chi connectivity index (χ1v) is 7.28. The van der Waals surface area contributed by atoms with Gasteiger partial charge in [-0.25, -0.2) is 4.79 Å². The molecule has 2 aliphatic rings. The molecule has 7 heteroatoms. The number of benzene rings is 1. The first-order chi connectivity index (χ1) is 11.2. The third kappa shape index (κ3) is 3.74. The lowest BCUT2D eigenvalue weighted by Crippen LogP contribution is -2.20. The fourth-order valence-electron chi connectivity index (χ4n) is 2.10. The maximum Gasteiger partial charge on any atom is 0.377 e. The number of rotatable bonds is 4. The van der Waals surface area contributed by atoms with Crippen molar-refractivity contribution < 1.29 is 33.3 Å². The molecule has 23 heavy (non-hydrogen) atoms. The SMILES string of the molecule is O=C(OCC(=O)c1ccc2c(c1)OCCCO2)C1=COCCO1. The van der Waals surface area contributed by atoms with Crippen LogP contribution in [0.15, 0.2) is 30.2 Å². The van der Waals surface area contributed by atoms with Crippen molar-refractivity contribution in [3.05, 3.63) is 35.8 Å². The summed E-state index contributed by atoms with van der Waals surface area (Å²) in [4.78, 5) is 23.9. The Morgan fingerprint density at radius 1 is 1.00 bits per heavy atom. The summed E-state index contributed by atoms with van der Waals surface area (Å²) in [5, 5.41) is 0. The van der Waals surface area contributed by atoms with Gasteiger partial charge < -0.3 is 23.7 Å². The van der Waals surface area contributed by atoms with Crippen LogP contribution in [0.25, 0.3) is 0 Å². The van der Waals surface area contributed by atoms with Gasteiger partial charge in [-0.15, -0.1) is 0 Å². The molecule has 0 spiro atoms. The van der Waals surface area contributed by atoms with E-state index in [0.717, 1.165) is 6.42 Å². The molecule has 0 aromatic heterocycles. The van der Waals surface area contributed by atoms with Gasteiger partial charge in [0, 0.05) is 12.0 Å². The molecule has 122 valence electrons. The van der Waals surface area contributed by atoms with Crippen molar-refractivity contribution in [2.24, 2.45) is 0 Å². The predicted molar refractivity (Wildman–Crippen MR) is 77.3 cm³/mol. The summed E-state index contributed by atoms with van der Waals surface area (Å²) in [6.45, 7) is 1.38. The molecule has 0 saturated heterocycles. The van der Waals surface area contributed by atoms with Crippen LogP contribution in [0.1, 0.15) is 16.8 Å². The van der Waals surface area contributed by atoms with E-state index >= 15 is 0 Å². The number of hydrogen-bond donors (Lipinski definition) is 0. The summed E-state index contributed by atoms with van der Waals surface area (Å²) in [5.41, 5.74) is 0.386. The second-order valence-corrected chi connectivity index (χ2v) is 4.91. The normalized spacial score (nSPS) is 16.3. The number of carbonyl (C=O) groups is 2. The van der Waals surface area contributed by atoms with E-state index in [1.54, 1.807) is 18.2 Å². The molecule has 2 heterocycles. The van der Waals surface area contributed by atoms with Crippen LogP contribution in [0, 0.1) is 0 Å². The van der Waals surface area contributed by atoms with Gasteiger partial charge >= 0.3 is 5.97 Å². The van der Waals surface area contributed by atoms with Gasteiger partial charge in [0.1, 0.15) is 19.5 Å². The van der Waals surface area contributed by atoms with Crippen LogP contribution in [-0.4, -0.2) is 44.8 Å². The van der Waals surface area contributed by atoms with Crippen LogP contribution >= 0.6 is 0 Å². The van der Waals surface area contributed by atoms with Crippen molar-refractivity contribution in [2.45, 2.75) is 6.42 Å². The van der Waals surface area contributed by atoms with Crippen molar-refractivity contribution in [1.82, 2.24) is 0 Å². The summed E-state index contributed by atoms with van der Waals surface area (Å²) in [6.07, 6.45) is 1.97. The predicted octanol–water partition coefficient (Wildman–Crippen LogP) is 1.46. The Balaban J connectivity index is 1.61. The lowest BCUT2D eigenvalue weighted by Gasteiger charge is -2.14. The first-order valence-electron chi connectivity index (χ1n) is 7.28. The number of fused-ring (bicyclic) bond motifs is 1. The van der Waals surface area contributed by atoms with E-state index in [1.165, 1.54) is 6.26 Å². The summed E-state index contributed by atoms with van der Waals surface area (Å²) in [7, 11) is 0. The topological polar surface area (TPSA) is 80.3 Å². The fraction of sp³-hybridized carbons (Fsp3) is 0.375. The molecule has 0 atom stereocenters. The summed E-state index contributed by atoms with van der Waals surface area (Å²) in [6, 6.07) is 4.88. The Kier molecular flexibility index (Phi) is 4.65. The molecule has 1 aromatic carbocycles. The lowest BCUT2D eigenvalue weighted by atomic mass is 10.1. The Hall–Kier alpha value is -2.70. The second kappa shape index (κ2) is 7.04. The molecule has 0 fully saturated rings. The summed E-state index contributed by atoms with van der Waals surface area (Å²) >= 11 is 0. The third-order valence-electron chi connectivity index (χ3n) is 3.25. The first kappa shape index (κ1) is 15.2. The molecule has 0 N–H and O–H groups in total. The Bertz CT molecular complexity index is 635. The van der Waals surface area contributed by atoms with E-state index in [-0.39, 0.29) is 24.8 Å². The standard InChI is InChI=1S/C16H16O7/c17-12(9-23-16(18)15-10-19-6-7-22-15)11-2-3-13-14(8-11)21-5-1-4-20-13/h2-3,8,10H,1,4-7,9H2. The minimum absolute atomic E-state index is 0.0392. The van der Waals surface area contributed by atoms with Gasteiger partial charge in [-0.1, -0.05) is 0 Å². The minimum Gasteiger partial charge on any atom is -0.493 e. The van der Waals surface area contributed by atoms with Crippen molar-refractivity contribution in [3.8, 4) is 11.5 Å². The molecule has 0 aliphatic carbocycles. The van der Waals surface area contributed by atoms with E-state index in [2.05, 4.69) is 0 Å². The summed E-state index contributed by atoms with van der Waals surface area (Å²) in [5.74, 6) is 0.0155. The molecule has 3 rings (SSSR count). The highest BCUT2D eigenvalue weighted by molar-refractivity contribution is 5.99. The van der Waals surface area contributed by atoms with Crippen molar-refractivity contribution in [2.75, 3.05) is 33.0 Å². The molecule has 0 bridgehead atoms. The van der Waals surface area contributed by atoms with Gasteiger partial charge in [-0.2, -0.15) is 0 Å². The molecule has 2 aliphatic heterocycles. The Labute approximate surface area is 132 Å². The molecular formula is C16H16O7. The van der Waals surface area contributed by atoms with Crippen molar-refractivity contribution in [3.63, 3.8) is 0 Å². The quantitative estimate of drug-likeness (QED) is 0.614. The zero-order valence-electron chi connectivity index (χ0n) is 12.4. The Morgan fingerprint density at radius 3 is 2.61 bits per heavy atom. The monoisotopic (exact) mass is 320 g/mol. The smallest absolute Gasteiger partial charge is 0.377 e. The van der Waals surface area contributed by atoms with Crippen LogP contribution in [0.5, 0.6) is 11.5 Å². The number of hydrogen-bond acceptors (Lipinski definition) is 7. The Morgan fingerprint density at radius 2 is 1.83 bits per heavy atom. The van der Waals surface area contributed by atoms with Crippen LogP contribution in [0.3, 0.4) is 0 Å². The van der Waals surface area contributed by atoms with Crippen LogP contribution in [-0.2, 0) is 19.0 Å². The number of Topliss-reactive ketones (excluding diaryl/α,β-unsaturated/α-hetero) is 1. The fourth-order valence-corrected chi connectivity index (χ4v) is 2.10. The lowest BCUT2D eigenvalue weighted by molar-refractivity contribution is -0.143. The number of ether oxygens (including phenoxy) is 5. The molecule has 0 unspecified atom stereocenters. The molecule has 1 aromatic rings. The summed E-state index contributed by atoms with van der Waals surface area (Å²) < 4.78 is 26.0. The van der Waals surface area contributed by atoms with Gasteiger partial charge in [-0.05, 0) is 18.2 Å². The van der Waals surface area contributed by atoms with Gasteiger partial charge in [0.2, 0.25) is 5.76 Å². The molecule has 0 saturated carbocycles. The number of ketones is 1. The van der Waals surface area contributed by atoms with E-state index < -0.39 is 5.97 Å². The van der Waals surface area contributed by atoms with Gasteiger partial charge in [0.15, 0.2) is 23.9 Å². The number of esters is 1. The zero-order chi connectivity index (χ0) is 16.1. The molecule has 0 amide bonds. The van der Waals surface area contributed by atoms with E-state index in [1.807, 2.05) is 0 Å². The van der Waals surface area contributed by atoms with Crippen LogP contribution in [0.4, 0.5) is 0 Å². The van der Waals surface area contributed by atoms with Gasteiger partial charge in [0.05, 0.1) is 13.2 Å². The zero-order valence-corrected chi connectivity index (χ0v) is 12.4. The average molecular weight is 320 g/mol. The second-order valence-electron chi connectivity index (χ2n) is 4.91. The van der Waals surface area contributed by atoms with E-state index in [4.69, 9.17) is 23.7 Å². The maximum atomic E-state index is 12.1. The van der Waals surface area contributed by atoms with Crippen LogP contribution < -0.4 is 9.47 Å². The molecule has 0 radical (unpaired) electrons. The largest absolute Gasteiger partial charge is 0.493 e. The van der Waals surface area contributed by atoms with Gasteiger partial charge in [0.25, 0.3) is 0 Å². The highest BCUT2D eigenvalue weighted by Crippen LogP contribution is 2.30. The maximum absolute atomic E-state index is 12.1. The van der Waals surface area contributed by atoms with E-state index in [0.29, 0.717) is 36.9 Å². The van der Waals surface area contributed by atoms with Crippen molar-refractivity contribution in [1.29, 1.82) is 0 Å². The average Bonchev–Trinajstić information content (AvgIpc) is 2.84. The van der Waals surface area contributed by atoms with Crippen molar-refractivity contribution >= 4 is 11.8 Å². The number of carbonyl (C=O) groups excluding carboxylic acids is 2. The van der Waals surface area contributed by atoms with Crippen LogP contribution in [0.2, 0.25) is 0 Å². The van der Waals surface area contributed by atoms with Gasteiger partial charge in [-0.3, -0.25) is 4.79 Å². The highest BCUT2D eigenvalue weighted by atomic mass is 16.6. The molecular weight excluding hydrogens is 304 g/mol. The highest BCUT2D eigenvalue weighted by Gasteiger charge is 2.19. The minimum atomic E-state index is -0.729.